The van der Waals surface area contributed by atoms with E-state index < -0.39 is 11.4 Å². The van der Waals surface area contributed by atoms with Gasteiger partial charge in [-0.25, -0.2) is 4.79 Å². The van der Waals surface area contributed by atoms with E-state index in [9.17, 15) is 9.59 Å². The molecule has 0 spiro atoms. The van der Waals surface area contributed by atoms with Crippen molar-refractivity contribution in [2.24, 2.45) is 5.41 Å². The Labute approximate surface area is 168 Å². The summed E-state index contributed by atoms with van der Waals surface area (Å²) >= 11 is 0. The van der Waals surface area contributed by atoms with Crippen molar-refractivity contribution in [3.05, 3.63) is 59.2 Å². The molecule has 0 radical (unpaired) electrons. The topological polar surface area (TPSA) is 107 Å². The average molecular weight is 394 g/mol. The van der Waals surface area contributed by atoms with E-state index in [0.29, 0.717) is 18.1 Å². The lowest BCUT2D eigenvalue weighted by Crippen LogP contribution is -2.25. The monoisotopic (exact) mass is 394 g/mol. The van der Waals surface area contributed by atoms with Crippen molar-refractivity contribution in [2.45, 2.75) is 34.2 Å². The van der Waals surface area contributed by atoms with Gasteiger partial charge in [-0.3, -0.25) is 4.79 Å². The lowest BCUT2D eigenvalue weighted by atomic mass is 9.97. The number of carbonyl (C=O) groups is 2. The van der Waals surface area contributed by atoms with Gasteiger partial charge < -0.3 is 9.84 Å². The molecule has 0 aliphatic carbocycles. The van der Waals surface area contributed by atoms with Crippen LogP contribution in [0.1, 0.15) is 42.3 Å². The molecule has 0 fully saturated rings. The number of carbonyl (C=O) groups excluding carboxylic acids is 1. The second-order valence-electron chi connectivity index (χ2n) is 7.77. The summed E-state index contributed by atoms with van der Waals surface area (Å²) in [6.07, 6.45) is 0. The number of nitrogens with zero attached hydrogens (tertiary/aromatic N) is 4. The molecule has 0 aliphatic rings. The van der Waals surface area contributed by atoms with Gasteiger partial charge in [0.1, 0.15) is 5.75 Å². The molecule has 1 N–H and O–H groups in total. The van der Waals surface area contributed by atoms with Gasteiger partial charge in [-0.2, -0.15) is 4.80 Å². The fourth-order valence-corrected chi connectivity index (χ4v) is 2.50. The molecule has 150 valence electrons. The third kappa shape index (κ3) is 4.84. The Kier molecular flexibility index (Phi) is 5.45. The normalized spacial score (nSPS) is 11.3. The van der Waals surface area contributed by atoms with Gasteiger partial charge in [-0.15, -0.1) is 10.2 Å². The fourth-order valence-electron chi connectivity index (χ4n) is 2.50. The molecule has 0 bridgehead atoms. The van der Waals surface area contributed by atoms with Crippen LogP contribution in [0, 0.1) is 12.3 Å². The second-order valence-corrected chi connectivity index (χ2v) is 7.77. The lowest BCUT2D eigenvalue weighted by molar-refractivity contribution is -0.143. The van der Waals surface area contributed by atoms with Crippen LogP contribution in [0.2, 0.25) is 0 Å². The first-order valence-electron chi connectivity index (χ1n) is 9.07. The van der Waals surface area contributed by atoms with Crippen molar-refractivity contribution in [1.82, 2.24) is 20.2 Å². The summed E-state index contributed by atoms with van der Waals surface area (Å²) in [5.41, 5.74) is 2.05. The standard InChI is InChI=1S/C21H22N4O4/c1-13-11-16(9-10-17(13)29-20(28)21(2,3)4)18-22-24-25(23-18)12-14-5-7-15(8-6-14)19(26)27/h5-11H,12H2,1-4H3,(H,26,27). The number of rotatable bonds is 5. The van der Waals surface area contributed by atoms with Crippen LogP contribution < -0.4 is 4.74 Å². The molecule has 0 saturated heterocycles. The molecule has 8 nitrogen and oxygen atoms in total. The van der Waals surface area contributed by atoms with Gasteiger partial charge >= 0.3 is 11.9 Å². The van der Waals surface area contributed by atoms with E-state index in [2.05, 4.69) is 15.4 Å². The Morgan fingerprint density at radius 2 is 1.79 bits per heavy atom. The number of benzene rings is 2. The zero-order valence-corrected chi connectivity index (χ0v) is 16.7. The van der Waals surface area contributed by atoms with Crippen LogP contribution in [-0.2, 0) is 11.3 Å². The molecule has 0 unspecified atom stereocenters. The minimum Gasteiger partial charge on any atom is -0.478 e. The lowest BCUT2D eigenvalue weighted by Gasteiger charge is -2.17. The Bertz CT molecular complexity index is 1050. The van der Waals surface area contributed by atoms with Crippen molar-refractivity contribution in [1.29, 1.82) is 0 Å². The zero-order valence-electron chi connectivity index (χ0n) is 16.7. The first kappa shape index (κ1) is 20.2. The molecule has 8 heteroatoms. The summed E-state index contributed by atoms with van der Waals surface area (Å²) in [7, 11) is 0. The number of aromatic carboxylic acids is 1. The van der Waals surface area contributed by atoms with Crippen LogP contribution in [0.15, 0.2) is 42.5 Å². The first-order valence-corrected chi connectivity index (χ1v) is 9.07. The Hall–Kier alpha value is -3.55. The molecular weight excluding hydrogens is 372 g/mol. The fraction of sp³-hybridized carbons (Fsp3) is 0.286. The molecule has 1 heterocycles. The minimum absolute atomic E-state index is 0.226. The van der Waals surface area contributed by atoms with Crippen molar-refractivity contribution in [2.75, 3.05) is 0 Å². The van der Waals surface area contributed by atoms with E-state index in [4.69, 9.17) is 9.84 Å². The summed E-state index contributed by atoms with van der Waals surface area (Å²) in [6.45, 7) is 7.62. The van der Waals surface area contributed by atoms with E-state index in [1.54, 1.807) is 45.0 Å². The summed E-state index contributed by atoms with van der Waals surface area (Å²) in [5.74, 6) is -0.320. The van der Waals surface area contributed by atoms with Crippen LogP contribution in [-0.4, -0.2) is 37.3 Å². The molecule has 3 aromatic rings. The number of aryl methyl sites for hydroxylation is 1. The molecular formula is C21H22N4O4. The smallest absolute Gasteiger partial charge is 0.335 e. The SMILES string of the molecule is Cc1cc(-c2nnn(Cc3ccc(C(=O)O)cc3)n2)ccc1OC(=O)C(C)(C)C. The molecule has 0 aliphatic heterocycles. The number of carboxylic acids is 1. The van der Waals surface area contributed by atoms with Gasteiger partial charge in [-0.1, -0.05) is 12.1 Å². The van der Waals surface area contributed by atoms with Crippen molar-refractivity contribution in [3.63, 3.8) is 0 Å². The van der Waals surface area contributed by atoms with Crippen molar-refractivity contribution in [3.8, 4) is 17.1 Å². The van der Waals surface area contributed by atoms with E-state index in [1.807, 2.05) is 13.0 Å². The van der Waals surface area contributed by atoms with Crippen LogP contribution in [0.3, 0.4) is 0 Å². The predicted molar refractivity (Wildman–Crippen MR) is 106 cm³/mol. The summed E-state index contributed by atoms with van der Waals surface area (Å²) < 4.78 is 5.47. The van der Waals surface area contributed by atoms with Crippen molar-refractivity contribution < 1.29 is 19.4 Å². The van der Waals surface area contributed by atoms with Crippen LogP contribution in [0.5, 0.6) is 5.75 Å². The number of ether oxygens (including phenoxy) is 1. The van der Waals surface area contributed by atoms with Crippen LogP contribution in [0.4, 0.5) is 0 Å². The Morgan fingerprint density at radius 3 is 2.38 bits per heavy atom. The Morgan fingerprint density at radius 1 is 1.10 bits per heavy atom. The maximum absolute atomic E-state index is 12.1. The molecule has 0 saturated carbocycles. The number of esters is 1. The largest absolute Gasteiger partial charge is 0.478 e. The second kappa shape index (κ2) is 7.83. The molecule has 2 aromatic carbocycles. The maximum atomic E-state index is 12.1. The first-order chi connectivity index (χ1) is 13.6. The van der Waals surface area contributed by atoms with Crippen LogP contribution >= 0.6 is 0 Å². The van der Waals surface area contributed by atoms with E-state index >= 15 is 0 Å². The van der Waals surface area contributed by atoms with Gasteiger partial charge in [-0.05, 0) is 74.4 Å². The maximum Gasteiger partial charge on any atom is 0.335 e. The highest BCUT2D eigenvalue weighted by atomic mass is 16.5. The molecule has 1 aromatic heterocycles. The number of tetrazole rings is 1. The number of hydrogen-bond donors (Lipinski definition) is 1. The number of aromatic nitrogens is 4. The number of hydrogen-bond acceptors (Lipinski definition) is 6. The quantitative estimate of drug-likeness (QED) is 0.522. The zero-order chi connectivity index (χ0) is 21.2. The predicted octanol–water partition coefficient (Wildman–Crippen LogP) is 3.35. The highest BCUT2D eigenvalue weighted by Gasteiger charge is 2.24. The summed E-state index contributed by atoms with van der Waals surface area (Å²) in [6, 6.07) is 11.9. The molecule has 0 amide bonds. The Balaban J connectivity index is 1.73. The van der Waals surface area contributed by atoms with Gasteiger partial charge in [0.15, 0.2) is 0 Å². The van der Waals surface area contributed by atoms with E-state index in [-0.39, 0.29) is 11.5 Å². The summed E-state index contributed by atoms with van der Waals surface area (Å²) in [5, 5.41) is 21.5. The van der Waals surface area contributed by atoms with Crippen molar-refractivity contribution >= 4 is 11.9 Å². The van der Waals surface area contributed by atoms with Gasteiger partial charge in [0.05, 0.1) is 17.5 Å². The highest BCUT2D eigenvalue weighted by molar-refractivity contribution is 5.87. The van der Waals surface area contributed by atoms with Gasteiger partial charge in [0.2, 0.25) is 5.82 Å². The molecule has 3 rings (SSSR count). The molecule has 0 atom stereocenters. The third-order valence-electron chi connectivity index (χ3n) is 4.23. The van der Waals surface area contributed by atoms with E-state index in [0.717, 1.165) is 16.7 Å². The van der Waals surface area contributed by atoms with E-state index in [1.165, 1.54) is 16.9 Å². The average Bonchev–Trinajstić information content (AvgIpc) is 3.11. The summed E-state index contributed by atoms with van der Waals surface area (Å²) in [4.78, 5) is 24.4. The van der Waals surface area contributed by atoms with Gasteiger partial charge in [0.25, 0.3) is 0 Å². The van der Waals surface area contributed by atoms with Crippen LogP contribution in [0.25, 0.3) is 11.4 Å². The van der Waals surface area contributed by atoms with Gasteiger partial charge in [0, 0.05) is 5.56 Å². The minimum atomic E-state index is -0.968. The third-order valence-corrected chi connectivity index (χ3v) is 4.23. The number of carboxylic acid groups (broad SMARTS) is 1. The molecule has 29 heavy (non-hydrogen) atoms. The highest BCUT2D eigenvalue weighted by Crippen LogP contribution is 2.26.